The van der Waals surface area contributed by atoms with E-state index >= 15 is 0 Å². The average Bonchev–Trinajstić information content (AvgIpc) is 2.65. The fourth-order valence-electron chi connectivity index (χ4n) is 1.19. The quantitative estimate of drug-likeness (QED) is 0.706. The van der Waals surface area contributed by atoms with Crippen molar-refractivity contribution in [3.63, 3.8) is 0 Å². The molecule has 2 aromatic heterocycles. The van der Waals surface area contributed by atoms with Gasteiger partial charge in [0.25, 0.3) is 0 Å². The van der Waals surface area contributed by atoms with Crippen LogP contribution in [0.1, 0.15) is 11.3 Å². The fraction of sp³-hybridized carbons (Fsp3) is 0.222. The first-order valence-electron chi connectivity index (χ1n) is 4.19. The molecule has 0 saturated carbocycles. The molecule has 0 aromatic carbocycles. The average molecular weight is 209 g/mol. The summed E-state index contributed by atoms with van der Waals surface area (Å²) in [7, 11) is 0. The highest BCUT2D eigenvalue weighted by molar-refractivity contribution is 6.17. The maximum atomic E-state index is 5.77. The van der Waals surface area contributed by atoms with Crippen LogP contribution in [0, 0.1) is 6.92 Å². The Kier molecular flexibility index (Phi) is 2.45. The van der Waals surface area contributed by atoms with Crippen molar-refractivity contribution in [2.24, 2.45) is 0 Å². The topological polar surface area (TPSA) is 43.6 Å². The minimum Gasteiger partial charge on any atom is -0.244 e. The van der Waals surface area contributed by atoms with Crippen LogP contribution in [0.2, 0.25) is 0 Å². The van der Waals surface area contributed by atoms with Crippen LogP contribution in [0.15, 0.2) is 24.8 Å². The minimum absolute atomic E-state index is 0.384. The molecule has 0 aliphatic carbocycles. The van der Waals surface area contributed by atoms with Crippen molar-refractivity contribution in [1.29, 1.82) is 0 Å². The smallest absolute Gasteiger partial charge is 0.161 e. The van der Waals surface area contributed by atoms with E-state index in [0.29, 0.717) is 5.88 Å². The van der Waals surface area contributed by atoms with Crippen LogP contribution in [-0.2, 0) is 5.88 Å². The van der Waals surface area contributed by atoms with E-state index in [1.807, 2.05) is 19.2 Å². The lowest BCUT2D eigenvalue weighted by molar-refractivity contribution is 0.814. The zero-order chi connectivity index (χ0) is 9.97. The minimum atomic E-state index is 0.384. The highest BCUT2D eigenvalue weighted by Crippen LogP contribution is 2.11. The molecule has 72 valence electrons. The predicted molar refractivity (Wildman–Crippen MR) is 53.4 cm³/mol. The lowest BCUT2D eigenvalue weighted by Gasteiger charge is -2.03. The van der Waals surface area contributed by atoms with E-state index in [4.69, 9.17) is 11.6 Å². The Hall–Kier alpha value is -1.42. The van der Waals surface area contributed by atoms with Crippen LogP contribution in [0.5, 0.6) is 0 Å². The zero-order valence-corrected chi connectivity index (χ0v) is 8.44. The first-order chi connectivity index (χ1) is 6.81. The molecule has 0 amide bonds. The molecule has 0 spiro atoms. The van der Waals surface area contributed by atoms with Gasteiger partial charge >= 0.3 is 0 Å². The molecule has 0 aliphatic heterocycles. The molecule has 2 rings (SSSR count). The summed E-state index contributed by atoms with van der Waals surface area (Å²) in [5, 5.41) is 4.26. The normalized spacial score (nSPS) is 10.4. The highest BCUT2D eigenvalue weighted by atomic mass is 35.5. The van der Waals surface area contributed by atoms with Crippen molar-refractivity contribution in [3.8, 4) is 5.82 Å². The third kappa shape index (κ3) is 1.61. The van der Waals surface area contributed by atoms with Crippen molar-refractivity contribution < 1.29 is 0 Å². The number of alkyl halides is 1. The molecule has 0 radical (unpaired) electrons. The summed E-state index contributed by atoms with van der Waals surface area (Å²) in [6, 6.07) is 1.92. The molecule has 0 fully saturated rings. The molecular weight excluding hydrogens is 200 g/mol. The molecule has 4 nitrogen and oxygen atoms in total. The van der Waals surface area contributed by atoms with Crippen LogP contribution in [0.25, 0.3) is 5.82 Å². The second kappa shape index (κ2) is 3.75. The predicted octanol–water partition coefficient (Wildman–Crippen LogP) is 1.71. The molecule has 0 unspecified atom stereocenters. The summed E-state index contributed by atoms with van der Waals surface area (Å²) in [4.78, 5) is 8.05. The van der Waals surface area contributed by atoms with Crippen LogP contribution in [0.4, 0.5) is 0 Å². The summed E-state index contributed by atoms with van der Waals surface area (Å²) in [5.74, 6) is 1.12. The van der Waals surface area contributed by atoms with Gasteiger partial charge < -0.3 is 0 Å². The molecule has 0 aliphatic rings. The van der Waals surface area contributed by atoms with E-state index in [9.17, 15) is 0 Å². The molecule has 2 heterocycles. The fourth-order valence-corrected chi connectivity index (χ4v) is 1.37. The first kappa shape index (κ1) is 9.15. The standard InChI is InChI=1S/C9H9ClN4/c1-7-2-3-14(13-7)9-8(4-10)5-11-6-12-9/h2-3,5-6H,4H2,1H3. The molecule has 0 saturated heterocycles. The van der Waals surface area contributed by atoms with Gasteiger partial charge in [-0.3, -0.25) is 0 Å². The molecular formula is C9H9ClN4. The van der Waals surface area contributed by atoms with Crippen molar-refractivity contribution in [3.05, 3.63) is 36.0 Å². The molecule has 0 atom stereocenters. The van der Waals surface area contributed by atoms with E-state index in [-0.39, 0.29) is 0 Å². The van der Waals surface area contributed by atoms with Gasteiger partial charge in [-0.05, 0) is 13.0 Å². The number of halogens is 1. The van der Waals surface area contributed by atoms with Gasteiger partial charge in [0, 0.05) is 18.0 Å². The first-order valence-corrected chi connectivity index (χ1v) is 4.72. The maximum Gasteiger partial charge on any atom is 0.161 e. The summed E-state index contributed by atoms with van der Waals surface area (Å²) in [6.45, 7) is 1.93. The van der Waals surface area contributed by atoms with Crippen molar-refractivity contribution in [2.45, 2.75) is 12.8 Å². The molecule has 5 heteroatoms. The molecule has 0 bridgehead atoms. The Morgan fingerprint density at radius 2 is 2.36 bits per heavy atom. The third-order valence-corrected chi connectivity index (χ3v) is 2.14. The third-order valence-electron chi connectivity index (χ3n) is 1.85. The van der Waals surface area contributed by atoms with Gasteiger partial charge in [-0.2, -0.15) is 5.10 Å². The van der Waals surface area contributed by atoms with Crippen molar-refractivity contribution >= 4 is 11.6 Å². The molecule has 0 N–H and O–H groups in total. The Balaban J connectivity index is 2.50. The lowest BCUT2D eigenvalue weighted by Crippen LogP contribution is -2.03. The van der Waals surface area contributed by atoms with Gasteiger partial charge in [-0.25, -0.2) is 14.6 Å². The van der Waals surface area contributed by atoms with Crippen molar-refractivity contribution in [2.75, 3.05) is 0 Å². The van der Waals surface area contributed by atoms with Gasteiger partial charge in [0.05, 0.1) is 11.6 Å². The van der Waals surface area contributed by atoms with E-state index in [1.165, 1.54) is 6.33 Å². The van der Waals surface area contributed by atoms with E-state index in [2.05, 4.69) is 15.1 Å². The van der Waals surface area contributed by atoms with Gasteiger partial charge in [0.1, 0.15) is 6.33 Å². The monoisotopic (exact) mass is 208 g/mol. The number of aryl methyl sites for hydroxylation is 1. The number of rotatable bonds is 2. The lowest BCUT2D eigenvalue weighted by atomic mass is 10.3. The van der Waals surface area contributed by atoms with Gasteiger partial charge in [0.15, 0.2) is 5.82 Å². The van der Waals surface area contributed by atoms with Crippen LogP contribution >= 0.6 is 11.6 Å². The molecule has 2 aromatic rings. The van der Waals surface area contributed by atoms with Crippen LogP contribution in [0.3, 0.4) is 0 Å². The Labute approximate surface area is 86.6 Å². The highest BCUT2D eigenvalue weighted by Gasteiger charge is 2.05. The number of aromatic nitrogens is 4. The summed E-state index contributed by atoms with van der Waals surface area (Å²) in [6.07, 6.45) is 5.04. The number of hydrogen-bond donors (Lipinski definition) is 0. The summed E-state index contributed by atoms with van der Waals surface area (Å²) >= 11 is 5.77. The van der Waals surface area contributed by atoms with Gasteiger partial charge in [0.2, 0.25) is 0 Å². The second-order valence-corrected chi connectivity index (χ2v) is 3.17. The van der Waals surface area contributed by atoms with Gasteiger partial charge in [-0.15, -0.1) is 11.6 Å². The van der Waals surface area contributed by atoms with E-state index in [0.717, 1.165) is 17.1 Å². The maximum absolute atomic E-state index is 5.77. The SMILES string of the molecule is Cc1ccn(-c2ncncc2CCl)n1. The largest absolute Gasteiger partial charge is 0.244 e. The number of nitrogens with zero attached hydrogens (tertiary/aromatic N) is 4. The van der Waals surface area contributed by atoms with E-state index < -0.39 is 0 Å². The van der Waals surface area contributed by atoms with Crippen LogP contribution in [-0.4, -0.2) is 19.7 Å². The van der Waals surface area contributed by atoms with Gasteiger partial charge in [-0.1, -0.05) is 0 Å². The van der Waals surface area contributed by atoms with Crippen molar-refractivity contribution in [1.82, 2.24) is 19.7 Å². The molecule has 14 heavy (non-hydrogen) atoms. The Morgan fingerprint density at radius 1 is 1.50 bits per heavy atom. The van der Waals surface area contributed by atoms with Crippen LogP contribution < -0.4 is 0 Å². The second-order valence-electron chi connectivity index (χ2n) is 2.91. The Bertz CT molecular complexity index is 438. The summed E-state index contributed by atoms with van der Waals surface area (Å²) < 4.78 is 1.70. The zero-order valence-electron chi connectivity index (χ0n) is 7.68. The number of hydrogen-bond acceptors (Lipinski definition) is 3. The Morgan fingerprint density at radius 3 is 3.00 bits per heavy atom. The summed E-state index contributed by atoms with van der Waals surface area (Å²) in [5.41, 5.74) is 1.82. The van der Waals surface area contributed by atoms with E-state index in [1.54, 1.807) is 10.9 Å².